The van der Waals surface area contributed by atoms with Crippen LogP contribution in [-0.4, -0.2) is 46.7 Å². The van der Waals surface area contributed by atoms with Crippen LogP contribution in [0.25, 0.3) is 0 Å². The first-order valence-corrected chi connectivity index (χ1v) is 6.59. The molecule has 0 radical (unpaired) electrons. The third-order valence-electron chi connectivity index (χ3n) is 3.17. The summed E-state index contributed by atoms with van der Waals surface area (Å²) in [6.45, 7) is 3.36. The van der Waals surface area contributed by atoms with Gasteiger partial charge in [-0.3, -0.25) is 4.79 Å². The molecule has 1 amide bonds. The molecule has 0 atom stereocenters. The molecule has 0 bridgehead atoms. The van der Waals surface area contributed by atoms with Crippen LogP contribution in [0.1, 0.15) is 19.4 Å². The summed E-state index contributed by atoms with van der Waals surface area (Å²) in [5.41, 5.74) is 5.63. The molecule has 0 fully saturated rings. The summed E-state index contributed by atoms with van der Waals surface area (Å²) in [7, 11) is 1.64. The van der Waals surface area contributed by atoms with Gasteiger partial charge < -0.3 is 20.5 Å². The zero-order chi connectivity index (χ0) is 15.3. The predicted octanol–water partition coefficient (Wildman–Crippen LogP) is 0.929. The highest BCUT2D eigenvalue weighted by Crippen LogP contribution is 2.14. The van der Waals surface area contributed by atoms with E-state index in [-0.39, 0.29) is 19.1 Å². The van der Waals surface area contributed by atoms with Crippen LogP contribution in [0.5, 0.6) is 5.75 Å². The number of likely N-dealkylation sites (N-methyl/N-ethyl adjacent to an activating group) is 1. The Bertz CT molecular complexity index is 486. The first-order chi connectivity index (χ1) is 9.27. The second-order valence-corrected chi connectivity index (χ2v) is 5.54. The fraction of sp³-hybridized carbons (Fsp3) is 0.429. The fourth-order valence-electron chi connectivity index (χ4n) is 1.40. The number of aliphatic hydroxyl groups is 1. The van der Waals surface area contributed by atoms with E-state index < -0.39 is 5.54 Å². The number of carbonyl (C=O) groups is 1. The number of ether oxygens (including phenoxy) is 1. The standard InChI is InChI=1S/C14H20N2O3S/c1-14(2,9-17)16(3)12(18)8-19-11-6-4-10(5-7-11)13(15)20/h4-7,17H,8-9H2,1-3H3,(H2,15,20). The minimum Gasteiger partial charge on any atom is -0.484 e. The minimum atomic E-state index is -0.615. The monoisotopic (exact) mass is 296 g/mol. The quantitative estimate of drug-likeness (QED) is 0.764. The van der Waals surface area contributed by atoms with Gasteiger partial charge in [-0.15, -0.1) is 0 Å². The van der Waals surface area contributed by atoms with Crippen molar-refractivity contribution in [3.63, 3.8) is 0 Å². The number of hydrogen-bond acceptors (Lipinski definition) is 4. The minimum absolute atomic E-state index is 0.0909. The number of thiocarbonyl (C=S) groups is 1. The normalized spacial score (nSPS) is 11.0. The number of nitrogens with zero attached hydrogens (tertiary/aromatic N) is 1. The van der Waals surface area contributed by atoms with Gasteiger partial charge in [-0.1, -0.05) is 12.2 Å². The zero-order valence-corrected chi connectivity index (χ0v) is 12.7. The molecule has 0 unspecified atom stereocenters. The summed E-state index contributed by atoms with van der Waals surface area (Å²) in [6.07, 6.45) is 0. The Kier molecular flexibility index (Phi) is 5.47. The van der Waals surface area contributed by atoms with Gasteiger partial charge in [-0.25, -0.2) is 0 Å². The number of aliphatic hydroxyl groups excluding tert-OH is 1. The smallest absolute Gasteiger partial charge is 0.260 e. The van der Waals surface area contributed by atoms with Crippen molar-refractivity contribution in [3.05, 3.63) is 29.8 Å². The number of hydrogen-bond donors (Lipinski definition) is 2. The van der Waals surface area contributed by atoms with Gasteiger partial charge >= 0.3 is 0 Å². The van der Waals surface area contributed by atoms with Gasteiger partial charge in [0.15, 0.2) is 6.61 Å². The van der Waals surface area contributed by atoms with Crippen LogP contribution in [-0.2, 0) is 4.79 Å². The highest BCUT2D eigenvalue weighted by molar-refractivity contribution is 7.80. The number of rotatable bonds is 6. The Balaban J connectivity index is 2.59. The summed E-state index contributed by atoms with van der Waals surface area (Å²) >= 11 is 4.85. The molecule has 5 nitrogen and oxygen atoms in total. The van der Waals surface area contributed by atoms with E-state index in [9.17, 15) is 9.90 Å². The van der Waals surface area contributed by atoms with E-state index in [1.165, 1.54) is 4.90 Å². The fourth-order valence-corrected chi connectivity index (χ4v) is 1.54. The molecule has 110 valence electrons. The number of carbonyl (C=O) groups excluding carboxylic acids is 1. The van der Waals surface area contributed by atoms with E-state index in [1.54, 1.807) is 45.2 Å². The van der Waals surface area contributed by atoms with Crippen LogP contribution in [0.3, 0.4) is 0 Å². The van der Waals surface area contributed by atoms with Crippen molar-refractivity contribution < 1.29 is 14.6 Å². The molecule has 3 N–H and O–H groups in total. The maximum atomic E-state index is 11.9. The Labute approximate surface area is 124 Å². The van der Waals surface area contributed by atoms with Crippen molar-refractivity contribution in [2.45, 2.75) is 19.4 Å². The average Bonchev–Trinajstić information content (AvgIpc) is 2.44. The molecule has 0 aliphatic rings. The molecule has 0 spiro atoms. The Morgan fingerprint density at radius 2 is 1.95 bits per heavy atom. The van der Waals surface area contributed by atoms with Gasteiger partial charge in [0.2, 0.25) is 0 Å². The summed E-state index contributed by atoms with van der Waals surface area (Å²) in [6, 6.07) is 6.89. The summed E-state index contributed by atoms with van der Waals surface area (Å²) < 4.78 is 5.41. The van der Waals surface area contributed by atoms with Crippen LogP contribution in [0.4, 0.5) is 0 Å². The summed E-state index contributed by atoms with van der Waals surface area (Å²) in [5.74, 6) is 0.357. The lowest BCUT2D eigenvalue weighted by Gasteiger charge is -2.33. The van der Waals surface area contributed by atoms with Gasteiger partial charge in [0.1, 0.15) is 10.7 Å². The van der Waals surface area contributed by atoms with Crippen molar-refractivity contribution in [1.29, 1.82) is 0 Å². The lowest BCUT2D eigenvalue weighted by atomic mass is 10.1. The second-order valence-electron chi connectivity index (χ2n) is 5.10. The van der Waals surface area contributed by atoms with Crippen molar-refractivity contribution >= 4 is 23.1 Å². The third kappa shape index (κ3) is 4.18. The Hall–Kier alpha value is -1.66. The molecule has 0 saturated carbocycles. The second kappa shape index (κ2) is 6.67. The van der Waals surface area contributed by atoms with Crippen molar-refractivity contribution in [2.75, 3.05) is 20.3 Å². The maximum Gasteiger partial charge on any atom is 0.260 e. The first kappa shape index (κ1) is 16.4. The van der Waals surface area contributed by atoms with Crippen LogP contribution >= 0.6 is 12.2 Å². The summed E-state index contributed by atoms with van der Waals surface area (Å²) in [4.78, 5) is 13.7. The molecule has 20 heavy (non-hydrogen) atoms. The van der Waals surface area contributed by atoms with Crippen LogP contribution in [0.15, 0.2) is 24.3 Å². The number of amides is 1. The zero-order valence-electron chi connectivity index (χ0n) is 11.9. The van der Waals surface area contributed by atoms with Crippen LogP contribution in [0.2, 0.25) is 0 Å². The highest BCUT2D eigenvalue weighted by Gasteiger charge is 2.26. The van der Waals surface area contributed by atoms with Gasteiger partial charge in [-0.05, 0) is 38.1 Å². The van der Waals surface area contributed by atoms with Crippen molar-refractivity contribution in [3.8, 4) is 5.75 Å². The molecule has 1 aromatic carbocycles. The molecule has 0 aliphatic carbocycles. The van der Waals surface area contributed by atoms with E-state index in [2.05, 4.69) is 0 Å². The molecule has 1 rings (SSSR count). The summed E-state index contributed by atoms with van der Waals surface area (Å²) in [5, 5.41) is 9.22. The van der Waals surface area contributed by atoms with E-state index in [4.69, 9.17) is 22.7 Å². The molecular formula is C14H20N2O3S. The number of benzene rings is 1. The van der Waals surface area contributed by atoms with E-state index >= 15 is 0 Å². The third-order valence-corrected chi connectivity index (χ3v) is 3.41. The van der Waals surface area contributed by atoms with Crippen molar-refractivity contribution in [2.24, 2.45) is 5.73 Å². The van der Waals surface area contributed by atoms with Gasteiger partial charge in [-0.2, -0.15) is 0 Å². The molecule has 0 aromatic heterocycles. The van der Waals surface area contributed by atoms with Gasteiger partial charge in [0, 0.05) is 12.6 Å². The van der Waals surface area contributed by atoms with Gasteiger partial charge in [0.25, 0.3) is 5.91 Å². The molecular weight excluding hydrogens is 276 g/mol. The molecule has 1 aromatic rings. The van der Waals surface area contributed by atoms with Crippen LogP contribution in [0, 0.1) is 0 Å². The lowest BCUT2D eigenvalue weighted by Crippen LogP contribution is -2.49. The van der Waals surface area contributed by atoms with E-state index in [0.717, 1.165) is 5.56 Å². The predicted molar refractivity (Wildman–Crippen MR) is 81.8 cm³/mol. The SMILES string of the molecule is CN(C(=O)COc1ccc(C(N)=S)cc1)C(C)(C)CO. The van der Waals surface area contributed by atoms with E-state index in [0.29, 0.717) is 10.7 Å². The van der Waals surface area contributed by atoms with Gasteiger partial charge in [0.05, 0.1) is 12.1 Å². The molecule has 0 heterocycles. The topological polar surface area (TPSA) is 75.8 Å². The largest absolute Gasteiger partial charge is 0.484 e. The molecule has 0 aliphatic heterocycles. The molecule has 6 heteroatoms. The number of nitrogens with two attached hydrogens (primary N) is 1. The van der Waals surface area contributed by atoms with Crippen molar-refractivity contribution in [1.82, 2.24) is 4.90 Å². The highest BCUT2D eigenvalue weighted by atomic mass is 32.1. The molecule has 0 saturated heterocycles. The maximum absolute atomic E-state index is 11.9. The Morgan fingerprint density at radius 1 is 1.40 bits per heavy atom. The van der Waals surface area contributed by atoms with Crippen LogP contribution < -0.4 is 10.5 Å². The van der Waals surface area contributed by atoms with E-state index in [1.807, 2.05) is 0 Å². The Morgan fingerprint density at radius 3 is 2.40 bits per heavy atom. The lowest BCUT2D eigenvalue weighted by molar-refractivity contribution is -0.138. The first-order valence-electron chi connectivity index (χ1n) is 6.18. The average molecular weight is 296 g/mol.